The molecule has 1 amide bonds. The van der Waals surface area contributed by atoms with Gasteiger partial charge in [-0.25, -0.2) is 0 Å². The van der Waals surface area contributed by atoms with Crippen LogP contribution in [-0.4, -0.2) is 23.9 Å². The summed E-state index contributed by atoms with van der Waals surface area (Å²) >= 11 is 13.0. The standard InChI is InChI=1S/C23H22Cl2N2O/c24-18-7-4-8-19(25)21(18)22-16-6-3-5-15(16)17-13-14(9-10-20(17)26-22)23(28)27-11-1-2-12-27/h3-5,7-10,13,15-16,22,26H,1-2,6,11-12H2. The first-order chi connectivity index (χ1) is 13.6. The summed E-state index contributed by atoms with van der Waals surface area (Å²) < 4.78 is 0. The second kappa shape index (κ2) is 7.13. The van der Waals surface area contributed by atoms with Gasteiger partial charge in [0.1, 0.15) is 0 Å². The molecule has 0 aromatic heterocycles. The predicted octanol–water partition coefficient (Wildman–Crippen LogP) is 6.06. The highest BCUT2D eigenvalue weighted by molar-refractivity contribution is 6.36. The monoisotopic (exact) mass is 412 g/mol. The quantitative estimate of drug-likeness (QED) is 0.608. The maximum absolute atomic E-state index is 12.9. The number of hydrogen-bond donors (Lipinski definition) is 1. The first kappa shape index (κ1) is 18.1. The van der Waals surface area contributed by atoms with E-state index in [0.717, 1.165) is 49.2 Å². The molecule has 1 saturated heterocycles. The third kappa shape index (κ3) is 2.92. The van der Waals surface area contributed by atoms with Crippen molar-refractivity contribution in [3.63, 3.8) is 0 Å². The van der Waals surface area contributed by atoms with Crippen LogP contribution in [0.5, 0.6) is 0 Å². The van der Waals surface area contributed by atoms with Crippen LogP contribution in [0.1, 0.15) is 52.7 Å². The summed E-state index contributed by atoms with van der Waals surface area (Å²) in [4.78, 5) is 14.8. The smallest absolute Gasteiger partial charge is 0.253 e. The van der Waals surface area contributed by atoms with E-state index in [1.54, 1.807) is 0 Å². The van der Waals surface area contributed by atoms with Gasteiger partial charge in [-0.2, -0.15) is 0 Å². The molecule has 3 atom stereocenters. The SMILES string of the molecule is O=C(c1ccc2c(c1)C1C=CCC1C(c1c(Cl)cccc1Cl)N2)N1CCCC1. The summed E-state index contributed by atoms with van der Waals surface area (Å²) in [5, 5.41) is 5.06. The average Bonchev–Trinajstić information content (AvgIpc) is 3.39. The fourth-order valence-corrected chi connectivity index (χ4v) is 5.56. The largest absolute Gasteiger partial charge is 0.378 e. The first-order valence-corrected chi connectivity index (χ1v) is 10.7. The zero-order chi connectivity index (χ0) is 19.3. The van der Waals surface area contributed by atoms with E-state index in [1.807, 2.05) is 35.2 Å². The third-order valence-electron chi connectivity index (χ3n) is 6.31. The second-order valence-electron chi connectivity index (χ2n) is 7.91. The van der Waals surface area contributed by atoms with Gasteiger partial charge >= 0.3 is 0 Å². The highest BCUT2D eigenvalue weighted by Gasteiger charge is 2.39. The zero-order valence-electron chi connectivity index (χ0n) is 15.5. The number of anilines is 1. The molecule has 1 fully saturated rings. The molecular formula is C23H22Cl2N2O. The summed E-state index contributed by atoms with van der Waals surface area (Å²) in [6, 6.07) is 11.8. The number of hydrogen-bond acceptors (Lipinski definition) is 2. The molecule has 2 heterocycles. The molecule has 1 aliphatic carbocycles. The molecule has 0 spiro atoms. The lowest BCUT2D eigenvalue weighted by atomic mass is 9.76. The van der Waals surface area contributed by atoms with Crippen molar-refractivity contribution in [1.82, 2.24) is 4.90 Å². The Morgan fingerprint density at radius 1 is 1.07 bits per heavy atom. The van der Waals surface area contributed by atoms with Gasteiger partial charge < -0.3 is 10.2 Å². The maximum Gasteiger partial charge on any atom is 0.253 e. The Balaban J connectivity index is 1.53. The van der Waals surface area contributed by atoms with Gasteiger partial charge in [0.05, 0.1) is 6.04 Å². The van der Waals surface area contributed by atoms with E-state index >= 15 is 0 Å². The minimum Gasteiger partial charge on any atom is -0.378 e. The molecule has 5 rings (SSSR count). The third-order valence-corrected chi connectivity index (χ3v) is 6.97. The van der Waals surface area contributed by atoms with Crippen molar-refractivity contribution in [3.05, 3.63) is 75.3 Å². The van der Waals surface area contributed by atoms with Gasteiger partial charge in [-0.1, -0.05) is 41.4 Å². The summed E-state index contributed by atoms with van der Waals surface area (Å²) in [7, 11) is 0. The number of benzene rings is 2. The molecule has 2 aromatic carbocycles. The fourth-order valence-electron chi connectivity index (χ4n) is 4.92. The second-order valence-corrected chi connectivity index (χ2v) is 8.73. The molecule has 3 unspecified atom stereocenters. The van der Waals surface area contributed by atoms with Gasteiger partial charge in [0.2, 0.25) is 0 Å². The van der Waals surface area contributed by atoms with Gasteiger partial charge in [0.15, 0.2) is 0 Å². The number of nitrogens with zero attached hydrogens (tertiary/aromatic N) is 1. The van der Waals surface area contributed by atoms with Crippen LogP contribution in [0.3, 0.4) is 0 Å². The van der Waals surface area contributed by atoms with Gasteiger partial charge in [-0.15, -0.1) is 0 Å². The van der Waals surface area contributed by atoms with Crippen LogP contribution in [0.2, 0.25) is 10.0 Å². The van der Waals surface area contributed by atoms with Crippen molar-refractivity contribution in [3.8, 4) is 0 Å². The Labute approximate surface area is 175 Å². The van der Waals surface area contributed by atoms with Crippen LogP contribution >= 0.6 is 23.2 Å². The van der Waals surface area contributed by atoms with Crippen LogP contribution in [0.15, 0.2) is 48.6 Å². The van der Waals surface area contributed by atoms with Crippen molar-refractivity contribution in [2.45, 2.75) is 31.2 Å². The number of carbonyl (C=O) groups is 1. The van der Waals surface area contributed by atoms with Crippen molar-refractivity contribution in [2.24, 2.45) is 5.92 Å². The van der Waals surface area contributed by atoms with E-state index in [1.165, 1.54) is 5.56 Å². The summed E-state index contributed by atoms with van der Waals surface area (Å²) in [6.45, 7) is 1.74. The normalized spacial score (nSPS) is 25.4. The number of carbonyl (C=O) groups excluding carboxylic acids is 1. The number of halogens is 2. The van der Waals surface area contributed by atoms with Crippen LogP contribution in [0.4, 0.5) is 5.69 Å². The van der Waals surface area contributed by atoms with Crippen molar-refractivity contribution >= 4 is 34.8 Å². The van der Waals surface area contributed by atoms with Gasteiger partial charge in [-0.05, 0) is 61.1 Å². The molecule has 1 N–H and O–H groups in total. The zero-order valence-corrected chi connectivity index (χ0v) is 17.0. The van der Waals surface area contributed by atoms with Crippen molar-refractivity contribution < 1.29 is 4.79 Å². The van der Waals surface area contributed by atoms with E-state index in [2.05, 4.69) is 23.5 Å². The lowest BCUT2D eigenvalue weighted by Gasteiger charge is -2.38. The first-order valence-electron chi connectivity index (χ1n) is 9.94. The molecular weight excluding hydrogens is 391 g/mol. The topological polar surface area (TPSA) is 32.3 Å². The number of fused-ring (bicyclic) bond motifs is 3. The molecule has 0 saturated carbocycles. The number of likely N-dealkylation sites (tertiary alicyclic amines) is 1. The Hall–Kier alpha value is -1.97. The molecule has 2 aromatic rings. The minimum atomic E-state index is 0.0498. The summed E-state index contributed by atoms with van der Waals surface area (Å²) in [5.74, 6) is 0.747. The lowest BCUT2D eigenvalue weighted by molar-refractivity contribution is 0.0792. The number of amides is 1. The molecule has 5 heteroatoms. The molecule has 0 radical (unpaired) electrons. The lowest BCUT2D eigenvalue weighted by Crippen LogP contribution is -2.31. The number of allylic oxidation sites excluding steroid dienone is 2. The minimum absolute atomic E-state index is 0.0498. The Bertz CT molecular complexity index is 945. The van der Waals surface area contributed by atoms with E-state index in [9.17, 15) is 4.79 Å². The van der Waals surface area contributed by atoms with Crippen LogP contribution < -0.4 is 5.32 Å². The maximum atomic E-state index is 12.9. The average molecular weight is 413 g/mol. The van der Waals surface area contributed by atoms with Crippen LogP contribution in [-0.2, 0) is 0 Å². The highest BCUT2D eigenvalue weighted by Crippen LogP contribution is 2.52. The summed E-state index contributed by atoms with van der Waals surface area (Å²) in [5.41, 5.74) is 4.01. The molecule has 0 bridgehead atoms. The Kier molecular flexibility index (Phi) is 4.60. The van der Waals surface area contributed by atoms with Gasteiger partial charge in [0, 0.05) is 45.9 Å². The van der Waals surface area contributed by atoms with Gasteiger partial charge in [0.25, 0.3) is 5.91 Å². The van der Waals surface area contributed by atoms with E-state index in [4.69, 9.17) is 23.2 Å². The molecule has 144 valence electrons. The Morgan fingerprint density at radius 2 is 1.82 bits per heavy atom. The molecule has 28 heavy (non-hydrogen) atoms. The van der Waals surface area contributed by atoms with Crippen molar-refractivity contribution in [1.29, 1.82) is 0 Å². The molecule has 2 aliphatic heterocycles. The molecule has 3 nitrogen and oxygen atoms in total. The summed E-state index contributed by atoms with van der Waals surface area (Å²) in [6.07, 6.45) is 7.68. The van der Waals surface area contributed by atoms with E-state index < -0.39 is 0 Å². The van der Waals surface area contributed by atoms with E-state index in [-0.39, 0.29) is 17.9 Å². The number of nitrogens with one attached hydrogen (secondary N) is 1. The fraction of sp³-hybridized carbons (Fsp3) is 0.348. The predicted molar refractivity (Wildman–Crippen MR) is 114 cm³/mol. The molecule has 3 aliphatic rings. The van der Waals surface area contributed by atoms with E-state index in [0.29, 0.717) is 16.0 Å². The number of rotatable bonds is 2. The van der Waals surface area contributed by atoms with Crippen LogP contribution in [0, 0.1) is 5.92 Å². The Morgan fingerprint density at radius 3 is 2.57 bits per heavy atom. The highest BCUT2D eigenvalue weighted by atomic mass is 35.5. The van der Waals surface area contributed by atoms with Gasteiger partial charge in [-0.3, -0.25) is 4.79 Å². The van der Waals surface area contributed by atoms with Crippen molar-refractivity contribution in [2.75, 3.05) is 18.4 Å². The van der Waals surface area contributed by atoms with Crippen LogP contribution in [0.25, 0.3) is 0 Å².